The number of anilines is 1. The number of rotatable bonds is 4. The number of pyridine rings is 1. The van der Waals surface area contributed by atoms with Gasteiger partial charge in [-0.3, -0.25) is 14.6 Å². The Morgan fingerprint density at radius 3 is 2.46 bits per heavy atom. The van der Waals surface area contributed by atoms with E-state index in [1.165, 1.54) is 57.9 Å². The van der Waals surface area contributed by atoms with E-state index in [1.54, 1.807) is 6.07 Å². The molecule has 4 rings (SSSR count). The van der Waals surface area contributed by atoms with Gasteiger partial charge in [0.2, 0.25) is 5.82 Å². The van der Waals surface area contributed by atoms with Crippen molar-refractivity contribution >= 4 is 17.5 Å². The van der Waals surface area contributed by atoms with E-state index in [1.807, 2.05) is 6.92 Å². The zero-order valence-corrected chi connectivity index (χ0v) is 20.6. The summed E-state index contributed by atoms with van der Waals surface area (Å²) in [6, 6.07) is 7.76. The minimum Gasteiger partial charge on any atom is -0.494 e. The molecule has 0 bridgehead atoms. The molecule has 2 saturated heterocycles. The van der Waals surface area contributed by atoms with Gasteiger partial charge in [-0.25, -0.2) is 4.39 Å². The van der Waals surface area contributed by atoms with Gasteiger partial charge in [0.05, 0.1) is 13.2 Å². The van der Waals surface area contributed by atoms with Crippen LogP contribution in [0.1, 0.15) is 50.0 Å². The third-order valence-electron chi connectivity index (χ3n) is 5.45. The fourth-order valence-corrected chi connectivity index (χ4v) is 3.48. The predicted octanol–water partition coefficient (Wildman–Crippen LogP) is 3.68. The average Bonchev–Trinajstić information content (AvgIpc) is 3.52. The number of amides is 2. The Hall–Kier alpha value is -3.11. The van der Waals surface area contributed by atoms with Crippen molar-refractivity contribution in [1.82, 2.24) is 15.6 Å². The number of aromatic nitrogens is 1. The van der Waals surface area contributed by atoms with Gasteiger partial charge in [-0.05, 0) is 70.3 Å². The summed E-state index contributed by atoms with van der Waals surface area (Å²) in [6.07, 6.45) is 5.55. The quantitative estimate of drug-likeness (QED) is 0.602. The second kappa shape index (κ2) is 14.3. The van der Waals surface area contributed by atoms with Gasteiger partial charge in [0.1, 0.15) is 11.8 Å². The highest BCUT2D eigenvalue weighted by Crippen LogP contribution is 2.21. The van der Waals surface area contributed by atoms with Crippen molar-refractivity contribution in [2.75, 3.05) is 26.0 Å². The Bertz CT molecular complexity index is 970. The highest BCUT2D eigenvalue weighted by Gasteiger charge is 2.28. The number of nitrogens with one attached hydrogen (secondary N) is 3. The second-order valence-corrected chi connectivity index (χ2v) is 8.26. The van der Waals surface area contributed by atoms with Crippen LogP contribution in [-0.2, 0) is 9.53 Å². The van der Waals surface area contributed by atoms with Gasteiger partial charge in [-0.2, -0.15) is 4.39 Å². The summed E-state index contributed by atoms with van der Waals surface area (Å²) in [6.45, 7) is 5.41. The molecule has 1 aromatic carbocycles. The number of methoxy groups -OCH3 is 1. The first-order valence-corrected chi connectivity index (χ1v) is 11.6. The van der Waals surface area contributed by atoms with Crippen LogP contribution in [0.25, 0.3) is 0 Å². The average molecular weight is 493 g/mol. The molecule has 2 aliphatic heterocycles. The summed E-state index contributed by atoms with van der Waals surface area (Å²) in [5.41, 5.74) is 0.808. The van der Waals surface area contributed by atoms with Crippen LogP contribution in [-0.4, -0.2) is 55.8 Å². The monoisotopic (exact) mass is 492 g/mol. The molecule has 3 N–H and O–H groups in total. The fourth-order valence-electron chi connectivity index (χ4n) is 3.48. The molecule has 1 aromatic heterocycles. The van der Waals surface area contributed by atoms with E-state index in [2.05, 4.69) is 32.6 Å². The highest BCUT2D eigenvalue weighted by atomic mass is 19.2. The first kappa shape index (κ1) is 28.1. The zero-order chi connectivity index (χ0) is 25.8. The standard InChI is InChI=1S/C13H17N3O3.C7H6F2O.C5H11N/c1-8-3-4-11(19-8)13(18)16-9-5-6-15-10(7-9)12(17)14-2;1-10-6-4-2-3-5(8)7(6)9;1-5-3-2-4-6-5/h5-8,11H,3-4H2,1-2H3,(H,14,17)(H,15,16,18);2-4H,1H3;5-6H,2-4H2,1H3. The molecule has 2 aromatic rings. The number of ether oxygens (including phenoxy) is 2. The third-order valence-corrected chi connectivity index (χ3v) is 5.45. The number of benzene rings is 1. The lowest BCUT2D eigenvalue weighted by molar-refractivity contribution is -0.126. The maximum Gasteiger partial charge on any atom is 0.269 e. The Morgan fingerprint density at radius 2 is 1.94 bits per heavy atom. The SMILES string of the molecule is CC1CCCN1.CNC(=O)c1cc(NC(=O)C2CCC(C)O2)ccn1.COc1cccc(F)c1F. The first-order valence-electron chi connectivity index (χ1n) is 11.6. The van der Waals surface area contributed by atoms with Gasteiger partial charge in [0.15, 0.2) is 11.6 Å². The maximum atomic E-state index is 12.5. The van der Waals surface area contributed by atoms with E-state index >= 15 is 0 Å². The van der Waals surface area contributed by atoms with E-state index in [-0.39, 0.29) is 29.4 Å². The molecule has 0 radical (unpaired) electrons. The lowest BCUT2D eigenvalue weighted by atomic mass is 10.2. The zero-order valence-electron chi connectivity index (χ0n) is 20.6. The molecule has 0 spiro atoms. The predicted molar refractivity (Wildman–Crippen MR) is 129 cm³/mol. The number of carbonyl (C=O) groups excluding carboxylic acids is 2. The second-order valence-electron chi connectivity index (χ2n) is 8.26. The molecule has 0 aliphatic carbocycles. The Kier molecular flexibility index (Phi) is 11.5. The molecule has 35 heavy (non-hydrogen) atoms. The molecule has 192 valence electrons. The van der Waals surface area contributed by atoms with E-state index in [9.17, 15) is 18.4 Å². The van der Waals surface area contributed by atoms with Crippen molar-refractivity contribution in [1.29, 1.82) is 0 Å². The molecule has 2 amide bonds. The van der Waals surface area contributed by atoms with Crippen LogP contribution < -0.4 is 20.7 Å². The summed E-state index contributed by atoms with van der Waals surface area (Å²) in [5, 5.41) is 8.54. The molecule has 2 fully saturated rings. The first-order chi connectivity index (χ1) is 16.7. The van der Waals surface area contributed by atoms with E-state index in [4.69, 9.17) is 4.74 Å². The molecule has 3 unspecified atom stereocenters. The molecule has 3 heterocycles. The third kappa shape index (κ3) is 9.22. The van der Waals surface area contributed by atoms with Gasteiger partial charge in [-0.15, -0.1) is 0 Å². The minimum absolute atomic E-state index is 0.0694. The molecule has 2 aliphatic rings. The topological polar surface area (TPSA) is 102 Å². The smallest absolute Gasteiger partial charge is 0.269 e. The molecule has 8 nitrogen and oxygen atoms in total. The molecular formula is C25H34F2N4O4. The van der Waals surface area contributed by atoms with Gasteiger partial charge < -0.3 is 25.4 Å². The number of nitrogens with zero attached hydrogens (tertiary/aromatic N) is 1. The molecular weight excluding hydrogens is 458 g/mol. The van der Waals surface area contributed by atoms with Crippen LogP contribution in [0.3, 0.4) is 0 Å². The normalized spacial score (nSPS) is 20.6. The van der Waals surface area contributed by atoms with Crippen LogP contribution >= 0.6 is 0 Å². The van der Waals surface area contributed by atoms with Gasteiger partial charge in [0, 0.05) is 25.0 Å². The van der Waals surface area contributed by atoms with Gasteiger partial charge in [-0.1, -0.05) is 6.07 Å². The number of carbonyl (C=O) groups is 2. The summed E-state index contributed by atoms with van der Waals surface area (Å²) in [5.74, 6) is -2.37. The fraction of sp³-hybridized carbons (Fsp3) is 0.480. The van der Waals surface area contributed by atoms with Crippen LogP contribution in [0, 0.1) is 11.6 Å². The van der Waals surface area contributed by atoms with Crippen LogP contribution in [0.2, 0.25) is 0 Å². The molecule has 0 saturated carbocycles. The molecule has 3 atom stereocenters. The van der Waals surface area contributed by atoms with Crippen molar-refractivity contribution in [2.24, 2.45) is 0 Å². The van der Waals surface area contributed by atoms with E-state index < -0.39 is 17.7 Å². The Balaban J connectivity index is 0.000000223. The largest absolute Gasteiger partial charge is 0.494 e. The highest BCUT2D eigenvalue weighted by molar-refractivity contribution is 5.97. The Labute approximate surface area is 204 Å². The minimum atomic E-state index is -0.940. The van der Waals surface area contributed by atoms with Crippen molar-refractivity contribution in [2.45, 2.75) is 57.8 Å². The van der Waals surface area contributed by atoms with Crippen LogP contribution in [0.5, 0.6) is 5.75 Å². The van der Waals surface area contributed by atoms with Gasteiger partial charge >= 0.3 is 0 Å². The summed E-state index contributed by atoms with van der Waals surface area (Å²) >= 11 is 0. The summed E-state index contributed by atoms with van der Waals surface area (Å²) < 4.78 is 34.8. The van der Waals surface area contributed by atoms with E-state index in [0.29, 0.717) is 5.69 Å². The Morgan fingerprint density at radius 1 is 1.17 bits per heavy atom. The molecule has 10 heteroatoms. The summed E-state index contributed by atoms with van der Waals surface area (Å²) in [4.78, 5) is 27.3. The van der Waals surface area contributed by atoms with Crippen LogP contribution in [0.15, 0.2) is 36.5 Å². The van der Waals surface area contributed by atoms with Gasteiger partial charge in [0.25, 0.3) is 11.8 Å². The van der Waals surface area contributed by atoms with Crippen LogP contribution in [0.4, 0.5) is 14.5 Å². The lowest BCUT2D eigenvalue weighted by Crippen LogP contribution is -2.28. The summed E-state index contributed by atoms with van der Waals surface area (Å²) in [7, 11) is 2.82. The number of hydrogen-bond acceptors (Lipinski definition) is 6. The van der Waals surface area contributed by atoms with Crippen molar-refractivity contribution in [3.63, 3.8) is 0 Å². The lowest BCUT2D eigenvalue weighted by Gasteiger charge is -2.12. The number of halogens is 2. The maximum absolute atomic E-state index is 12.5. The van der Waals surface area contributed by atoms with Crippen molar-refractivity contribution in [3.05, 3.63) is 53.9 Å². The van der Waals surface area contributed by atoms with E-state index in [0.717, 1.165) is 24.9 Å². The van der Waals surface area contributed by atoms with Crippen molar-refractivity contribution in [3.8, 4) is 5.75 Å². The number of hydrogen-bond donors (Lipinski definition) is 3. The van der Waals surface area contributed by atoms with Crippen molar-refractivity contribution < 1.29 is 27.8 Å².